The molecule has 2 aromatic heterocycles. The minimum Gasteiger partial charge on any atom is -0.483 e. The highest BCUT2D eigenvalue weighted by Gasteiger charge is 2.38. The lowest BCUT2D eigenvalue weighted by Gasteiger charge is -2.45. The fourth-order valence-corrected chi connectivity index (χ4v) is 3.64. The largest absolute Gasteiger partial charge is 0.483 e. The van der Waals surface area contributed by atoms with Crippen LogP contribution in [0.25, 0.3) is 11.0 Å². The number of likely N-dealkylation sites (tertiary alicyclic amines) is 1. The average Bonchev–Trinajstić information content (AvgIpc) is 2.79. The monoisotopic (exact) mass is 446 g/mol. The lowest BCUT2D eigenvalue weighted by Crippen LogP contribution is -2.60. The molecule has 2 N–H and O–H groups in total. The van der Waals surface area contributed by atoms with Crippen LogP contribution in [0.5, 0.6) is 5.75 Å². The smallest absolute Gasteiger partial charge is 0.270 e. The maximum absolute atomic E-state index is 15.0. The number of amides is 1. The van der Waals surface area contributed by atoms with Gasteiger partial charge in [0.05, 0.1) is 5.52 Å². The highest BCUT2D eigenvalue weighted by molar-refractivity contribution is 5.92. The summed E-state index contributed by atoms with van der Waals surface area (Å²) in [5.41, 5.74) is 0.343. The van der Waals surface area contributed by atoms with Crippen LogP contribution in [0.4, 0.5) is 8.78 Å². The van der Waals surface area contributed by atoms with E-state index in [0.29, 0.717) is 29.7 Å². The summed E-state index contributed by atoms with van der Waals surface area (Å²) < 4.78 is 56.2. The second-order valence-corrected chi connectivity index (χ2v) is 7.56. The van der Waals surface area contributed by atoms with Crippen molar-refractivity contribution >= 4 is 16.9 Å². The Bertz CT molecular complexity index is 1350. The molecular formula is C22H23F2N5O3. The summed E-state index contributed by atoms with van der Waals surface area (Å²) in [5, 5.41) is 1.74. The van der Waals surface area contributed by atoms with E-state index in [1.807, 2.05) is 11.8 Å². The summed E-state index contributed by atoms with van der Waals surface area (Å²) in [4.78, 5) is 36.1. The predicted molar refractivity (Wildman–Crippen MR) is 114 cm³/mol. The van der Waals surface area contributed by atoms with Crippen molar-refractivity contribution in [3.05, 3.63) is 63.3 Å². The number of hydrogen-bond donors (Lipinski definition) is 2. The van der Waals surface area contributed by atoms with Gasteiger partial charge in [0.1, 0.15) is 23.0 Å². The van der Waals surface area contributed by atoms with Gasteiger partial charge in [-0.15, -0.1) is 0 Å². The van der Waals surface area contributed by atoms with Crippen LogP contribution in [-0.4, -0.2) is 51.4 Å². The molecule has 0 unspecified atom stereocenters. The average molecular weight is 446 g/mol. The number of halogens is 2. The summed E-state index contributed by atoms with van der Waals surface area (Å²) >= 11 is 0. The van der Waals surface area contributed by atoms with Gasteiger partial charge < -0.3 is 15.0 Å². The molecule has 1 aliphatic heterocycles. The number of hydrogen-bond acceptors (Lipinski definition) is 6. The fourth-order valence-electron chi connectivity index (χ4n) is 3.64. The fraction of sp³-hybridized carbons (Fsp3) is 0.364. The third kappa shape index (κ3) is 3.93. The van der Waals surface area contributed by atoms with Crippen LogP contribution in [-0.2, 0) is 13.0 Å². The minimum atomic E-state index is -2.72. The summed E-state index contributed by atoms with van der Waals surface area (Å²) in [5.74, 6) is -2.80. The number of pyridine rings is 1. The van der Waals surface area contributed by atoms with E-state index >= 15 is 4.39 Å². The molecule has 0 aliphatic carbocycles. The number of fused-ring (bicyclic) bond motifs is 1. The molecule has 10 heteroatoms. The number of nitrogens with zero attached hydrogens (tertiary/aromatic N) is 3. The van der Waals surface area contributed by atoms with Crippen LogP contribution in [0.3, 0.4) is 0 Å². The van der Waals surface area contributed by atoms with Gasteiger partial charge in [0.15, 0.2) is 11.6 Å². The Balaban J connectivity index is 1.41. The van der Waals surface area contributed by atoms with Crippen molar-refractivity contribution in [2.24, 2.45) is 0 Å². The van der Waals surface area contributed by atoms with E-state index in [2.05, 4.69) is 15.0 Å². The number of rotatable bonds is 6. The molecule has 0 radical (unpaired) electrons. The maximum atomic E-state index is 15.0. The molecule has 1 saturated heterocycles. The highest BCUT2D eigenvalue weighted by atomic mass is 19.1. The lowest BCUT2D eigenvalue weighted by molar-refractivity contribution is -0.0437. The maximum Gasteiger partial charge on any atom is 0.270 e. The van der Waals surface area contributed by atoms with Gasteiger partial charge in [0.25, 0.3) is 17.4 Å². The zero-order valence-electron chi connectivity index (χ0n) is 20.4. The van der Waals surface area contributed by atoms with Crippen molar-refractivity contribution < 1.29 is 22.4 Å². The number of ether oxygens (including phenoxy) is 1. The normalized spacial score (nSPS) is 20.2. The molecule has 0 bridgehead atoms. The van der Waals surface area contributed by atoms with Crippen molar-refractivity contribution in [1.29, 1.82) is 0 Å². The van der Waals surface area contributed by atoms with Crippen LogP contribution in [0.1, 0.15) is 39.7 Å². The Kier molecular flexibility index (Phi) is 4.90. The third-order valence-electron chi connectivity index (χ3n) is 5.63. The quantitative estimate of drug-likeness (QED) is 0.563. The van der Waals surface area contributed by atoms with Gasteiger partial charge in [-0.1, -0.05) is 13.0 Å². The Hall–Kier alpha value is -3.40. The van der Waals surface area contributed by atoms with Crippen LogP contribution in [0.2, 0.25) is 0 Å². The molecular weight excluding hydrogens is 420 g/mol. The van der Waals surface area contributed by atoms with Gasteiger partial charge in [0.2, 0.25) is 0 Å². The molecule has 0 saturated carbocycles. The summed E-state index contributed by atoms with van der Waals surface area (Å²) in [6.45, 7) is 1.54. The van der Waals surface area contributed by atoms with Gasteiger partial charge >= 0.3 is 0 Å². The molecule has 4 rings (SSSR count). The summed E-state index contributed by atoms with van der Waals surface area (Å²) in [7, 11) is 0. The first-order chi connectivity index (χ1) is 16.5. The van der Waals surface area contributed by atoms with Crippen LogP contribution < -0.4 is 15.6 Å². The number of H-pyrrole nitrogens is 1. The molecule has 32 heavy (non-hydrogen) atoms. The zero-order chi connectivity index (χ0) is 25.5. The standard InChI is InChI=1S/C22H23F2N5O3/c1-4-13-22(31)28-19-14(26-13)6-5-12(18(19)23)9-29-10-17(11(29)2)32-16-8-7-15(21(30)25-3)27-20(16)24/h5-8,11,17H,4,9-10H2,1-3H3,(H,25,30)(H,28,31)/t11-,17+/m1/s1/i3D3. The van der Waals surface area contributed by atoms with E-state index in [-0.39, 0.29) is 29.5 Å². The molecule has 0 spiro atoms. The molecule has 3 heterocycles. The van der Waals surface area contributed by atoms with Gasteiger partial charge in [-0.2, -0.15) is 4.39 Å². The van der Waals surface area contributed by atoms with E-state index in [1.54, 1.807) is 24.4 Å². The van der Waals surface area contributed by atoms with E-state index < -0.39 is 36.3 Å². The van der Waals surface area contributed by atoms with Crippen LogP contribution in [0, 0.1) is 11.8 Å². The number of carbonyl (C=O) groups excluding carboxylic acids is 1. The number of aromatic nitrogens is 3. The van der Waals surface area contributed by atoms with E-state index in [1.165, 1.54) is 12.1 Å². The molecule has 168 valence electrons. The first-order valence-corrected chi connectivity index (χ1v) is 10.1. The number of benzene rings is 1. The third-order valence-corrected chi connectivity index (χ3v) is 5.63. The van der Waals surface area contributed by atoms with Crippen LogP contribution >= 0.6 is 0 Å². The number of carbonyl (C=O) groups is 1. The zero-order valence-corrected chi connectivity index (χ0v) is 17.4. The van der Waals surface area contributed by atoms with Crippen molar-refractivity contribution in [3.63, 3.8) is 0 Å². The Morgan fingerprint density at radius 2 is 2.16 bits per heavy atom. The molecule has 1 fully saturated rings. The first kappa shape index (κ1) is 18.2. The van der Waals surface area contributed by atoms with Crippen molar-refractivity contribution in [2.75, 3.05) is 13.5 Å². The Labute approximate surface area is 186 Å². The van der Waals surface area contributed by atoms with Gasteiger partial charge in [-0.05, 0) is 31.5 Å². The molecule has 8 nitrogen and oxygen atoms in total. The first-order valence-electron chi connectivity index (χ1n) is 11.6. The van der Waals surface area contributed by atoms with E-state index in [4.69, 9.17) is 8.85 Å². The SMILES string of the molecule is [2H]C([2H])([2H])NC(=O)c1ccc(O[C@H]2CN(Cc3ccc4nc(CC)c(=O)[nH]c4c3F)[C@@H]2C)c(F)n1. The summed E-state index contributed by atoms with van der Waals surface area (Å²) in [6.07, 6.45) is 0.0285. The van der Waals surface area contributed by atoms with Crippen molar-refractivity contribution in [3.8, 4) is 5.75 Å². The Morgan fingerprint density at radius 1 is 1.34 bits per heavy atom. The lowest BCUT2D eigenvalue weighted by atomic mass is 9.99. The number of aryl methyl sites for hydroxylation is 1. The topological polar surface area (TPSA) is 100 Å². The second kappa shape index (κ2) is 8.62. The van der Waals surface area contributed by atoms with Gasteiger partial charge in [-0.25, -0.2) is 14.4 Å². The molecule has 1 amide bonds. The molecule has 1 aliphatic rings. The minimum absolute atomic E-state index is 0.0569. The highest BCUT2D eigenvalue weighted by Crippen LogP contribution is 2.28. The second-order valence-electron chi connectivity index (χ2n) is 7.56. The van der Waals surface area contributed by atoms with Crippen molar-refractivity contribution in [2.45, 2.75) is 39.0 Å². The molecule has 3 aromatic rings. The van der Waals surface area contributed by atoms with E-state index in [9.17, 15) is 14.0 Å². The summed E-state index contributed by atoms with van der Waals surface area (Å²) in [6, 6.07) is 5.47. The van der Waals surface area contributed by atoms with Crippen molar-refractivity contribution in [1.82, 2.24) is 25.2 Å². The molecule has 2 atom stereocenters. The Morgan fingerprint density at radius 3 is 2.84 bits per heavy atom. The van der Waals surface area contributed by atoms with Crippen LogP contribution in [0.15, 0.2) is 29.1 Å². The predicted octanol–water partition coefficient (Wildman–Crippen LogP) is 2.17. The number of nitrogens with one attached hydrogen (secondary N) is 2. The van der Waals surface area contributed by atoms with Gasteiger partial charge in [-0.3, -0.25) is 14.5 Å². The van der Waals surface area contributed by atoms with E-state index in [0.717, 1.165) is 0 Å². The molecule has 1 aromatic carbocycles. The number of aromatic amines is 1. The van der Waals surface area contributed by atoms with Gasteiger partial charge in [0, 0.05) is 35.8 Å².